The zero-order valence-electron chi connectivity index (χ0n) is 13.4. The van der Waals surface area contributed by atoms with Gasteiger partial charge in [-0.2, -0.15) is 0 Å². The minimum absolute atomic E-state index is 0.333. The van der Waals surface area contributed by atoms with Crippen molar-refractivity contribution >= 4 is 33.4 Å². The number of imidazole rings is 1. The molecule has 1 saturated heterocycles. The first kappa shape index (κ1) is 16.0. The molecule has 0 unspecified atom stereocenters. The van der Waals surface area contributed by atoms with Crippen molar-refractivity contribution in [2.24, 2.45) is 5.41 Å². The summed E-state index contributed by atoms with van der Waals surface area (Å²) in [6.07, 6.45) is 3.99. The molecule has 2 aromatic rings. The van der Waals surface area contributed by atoms with Gasteiger partial charge in [-0.1, -0.05) is 20.8 Å². The highest BCUT2D eigenvalue weighted by molar-refractivity contribution is 9.10. The Bertz CT molecular complexity index is 782. The Balaban J connectivity index is 2.36. The number of rotatable bonds is 1. The molecule has 2 aromatic heterocycles. The zero-order valence-corrected chi connectivity index (χ0v) is 15.0. The summed E-state index contributed by atoms with van der Waals surface area (Å²) in [6, 6.07) is 0. The molecule has 1 aliphatic rings. The van der Waals surface area contributed by atoms with Gasteiger partial charge in [0.1, 0.15) is 21.5 Å². The average molecular weight is 382 g/mol. The molecule has 0 saturated carbocycles. The molecule has 1 aliphatic heterocycles. The van der Waals surface area contributed by atoms with Gasteiger partial charge in [-0.3, -0.25) is 9.30 Å². The topological polar surface area (TPSA) is 96.8 Å². The monoisotopic (exact) mass is 381 g/mol. The van der Waals surface area contributed by atoms with Gasteiger partial charge in [0.15, 0.2) is 5.82 Å². The third-order valence-electron chi connectivity index (χ3n) is 4.76. The van der Waals surface area contributed by atoms with E-state index in [1.54, 1.807) is 12.4 Å². The van der Waals surface area contributed by atoms with Crippen molar-refractivity contribution in [3.63, 3.8) is 0 Å². The molecule has 0 radical (unpaired) electrons. The fraction of sp³-hybridized carbons (Fsp3) is 0.533. The summed E-state index contributed by atoms with van der Waals surface area (Å²) < 4.78 is 2.44. The molecular weight excluding hydrogens is 362 g/mol. The molecule has 3 rings (SSSR count). The van der Waals surface area contributed by atoms with E-state index in [-0.39, 0.29) is 5.41 Å². The van der Waals surface area contributed by atoms with Gasteiger partial charge in [-0.05, 0) is 34.2 Å². The molecule has 23 heavy (non-hydrogen) atoms. The van der Waals surface area contributed by atoms with E-state index in [1.165, 1.54) is 4.90 Å². The minimum Gasteiger partial charge on any atom is -0.465 e. The molecule has 3 N–H and O–H groups in total. The summed E-state index contributed by atoms with van der Waals surface area (Å²) in [5, 5.41) is 9.75. The third-order valence-corrected chi connectivity index (χ3v) is 5.32. The maximum absolute atomic E-state index is 11.9. The van der Waals surface area contributed by atoms with Crippen molar-refractivity contribution in [3.05, 3.63) is 22.8 Å². The predicted molar refractivity (Wildman–Crippen MR) is 90.2 cm³/mol. The highest BCUT2D eigenvalue weighted by atomic mass is 79.9. The second-order valence-electron chi connectivity index (χ2n) is 6.91. The second-order valence-corrected chi connectivity index (χ2v) is 7.66. The minimum atomic E-state index is -0.924. The van der Waals surface area contributed by atoms with Crippen molar-refractivity contribution in [1.29, 1.82) is 0 Å². The highest BCUT2D eigenvalue weighted by Gasteiger charge is 2.55. The number of carboxylic acid groups (broad SMARTS) is 1. The first-order valence-electron chi connectivity index (χ1n) is 7.49. The van der Waals surface area contributed by atoms with Crippen LogP contribution in [0.5, 0.6) is 0 Å². The van der Waals surface area contributed by atoms with Gasteiger partial charge in [-0.25, -0.2) is 14.8 Å². The van der Waals surface area contributed by atoms with Gasteiger partial charge in [0.05, 0.1) is 0 Å². The summed E-state index contributed by atoms with van der Waals surface area (Å²) in [4.78, 5) is 22.2. The Morgan fingerprint density at radius 1 is 1.48 bits per heavy atom. The number of nitrogen functional groups attached to an aromatic ring is 1. The van der Waals surface area contributed by atoms with Crippen molar-refractivity contribution in [2.75, 3.05) is 12.3 Å². The summed E-state index contributed by atoms with van der Waals surface area (Å²) in [5.74, 6) is 1.04. The largest absolute Gasteiger partial charge is 0.465 e. The maximum atomic E-state index is 11.9. The first-order valence-corrected chi connectivity index (χ1v) is 8.28. The lowest BCUT2D eigenvalue weighted by atomic mass is 9.71. The number of nitrogens with two attached hydrogens (primary N) is 1. The normalized spacial score (nSPS) is 22.0. The highest BCUT2D eigenvalue weighted by Crippen LogP contribution is 2.51. The maximum Gasteiger partial charge on any atom is 0.408 e. The Hall–Kier alpha value is -1.83. The van der Waals surface area contributed by atoms with Crippen LogP contribution in [0.15, 0.2) is 17.0 Å². The molecular formula is C15H20BrN5O2. The number of halogens is 1. The molecule has 0 spiro atoms. The summed E-state index contributed by atoms with van der Waals surface area (Å²) in [6.45, 7) is 6.65. The second kappa shape index (κ2) is 5.09. The fourth-order valence-electron chi connectivity index (χ4n) is 3.74. The van der Waals surface area contributed by atoms with E-state index < -0.39 is 11.6 Å². The van der Waals surface area contributed by atoms with E-state index in [0.717, 1.165) is 12.8 Å². The van der Waals surface area contributed by atoms with Gasteiger partial charge < -0.3 is 10.8 Å². The first-order chi connectivity index (χ1) is 10.7. The van der Waals surface area contributed by atoms with Crippen LogP contribution in [0.4, 0.5) is 10.6 Å². The van der Waals surface area contributed by atoms with Crippen LogP contribution in [0, 0.1) is 5.41 Å². The molecule has 3 heterocycles. The number of hydrogen-bond acceptors (Lipinski definition) is 4. The van der Waals surface area contributed by atoms with E-state index in [1.807, 2.05) is 25.2 Å². The molecule has 0 aromatic carbocycles. The predicted octanol–water partition coefficient (Wildman–Crippen LogP) is 3.09. The van der Waals surface area contributed by atoms with Crippen LogP contribution in [0.3, 0.4) is 0 Å². The Morgan fingerprint density at radius 3 is 2.78 bits per heavy atom. The molecule has 1 atom stereocenters. The number of hydrogen-bond donors (Lipinski definition) is 2. The number of anilines is 1. The van der Waals surface area contributed by atoms with E-state index >= 15 is 0 Å². The van der Waals surface area contributed by atoms with Crippen LogP contribution in [0.1, 0.15) is 39.4 Å². The van der Waals surface area contributed by atoms with Gasteiger partial charge in [0.2, 0.25) is 0 Å². The molecule has 7 nitrogen and oxygen atoms in total. The Morgan fingerprint density at radius 2 is 2.17 bits per heavy atom. The van der Waals surface area contributed by atoms with Crippen molar-refractivity contribution < 1.29 is 9.90 Å². The van der Waals surface area contributed by atoms with E-state index in [9.17, 15) is 9.90 Å². The number of aromatic nitrogens is 3. The Labute approximate surface area is 142 Å². The summed E-state index contributed by atoms with van der Waals surface area (Å²) in [7, 11) is 0. The number of likely N-dealkylation sites (tertiary alicyclic amines) is 1. The number of amides is 1. The van der Waals surface area contributed by atoms with Gasteiger partial charge in [-0.15, -0.1) is 0 Å². The molecule has 0 bridgehead atoms. The van der Waals surface area contributed by atoms with Crippen molar-refractivity contribution in [3.8, 4) is 0 Å². The number of fused-ring (bicyclic) bond motifs is 1. The van der Waals surface area contributed by atoms with Crippen LogP contribution in [0.25, 0.3) is 5.52 Å². The van der Waals surface area contributed by atoms with Gasteiger partial charge in [0.25, 0.3) is 0 Å². The Kier molecular flexibility index (Phi) is 3.55. The van der Waals surface area contributed by atoms with Crippen LogP contribution in [0.2, 0.25) is 0 Å². The molecule has 124 valence electrons. The van der Waals surface area contributed by atoms with E-state index in [0.29, 0.717) is 28.3 Å². The van der Waals surface area contributed by atoms with Crippen molar-refractivity contribution in [1.82, 2.24) is 19.3 Å². The lowest BCUT2D eigenvalue weighted by Crippen LogP contribution is -2.53. The third kappa shape index (κ3) is 2.11. The molecule has 0 aliphatic carbocycles. The summed E-state index contributed by atoms with van der Waals surface area (Å²) >= 11 is 3.45. The zero-order chi connectivity index (χ0) is 17.0. The standard InChI is InChI=1S/C15H20BrN5O2/c1-14(2,3)15(5-4-7-21(15)13(22)23)12-19-10(16)9-11(17)18-6-8-20(9)12/h6,8H,4-5,7H2,1-3H3,(H2,17,18)(H,22,23)/t15-/m1/s1. The van der Waals surface area contributed by atoms with E-state index in [4.69, 9.17) is 5.73 Å². The van der Waals surface area contributed by atoms with Gasteiger partial charge in [0, 0.05) is 18.9 Å². The number of nitrogens with zero attached hydrogens (tertiary/aromatic N) is 4. The number of carbonyl (C=O) groups is 1. The van der Waals surface area contributed by atoms with Crippen LogP contribution < -0.4 is 5.73 Å². The van der Waals surface area contributed by atoms with Crippen LogP contribution in [-0.4, -0.2) is 37.0 Å². The van der Waals surface area contributed by atoms with Crippen LogP contribution in [-0.2, 0) is 5.54 Å². The SMILES string of the molecule is CC(C)(C)[C@]1(c2nc(Br)c3c(N)nccn23)CCCN1C(=O)O. The molecule has 1 fully saturated rings. The smallest absolute Gasteiger partial charge is 0.408 e. The van der Waals surface area contributed by atoms with Crippen molar-refractivity contribution in [2.45, 2.75) is 39.2 Å². The van der Waals surface area contributed by atoms with E-state index in [2.05, 4.69) is 25.9 Å². The molecule has 8 heteroatoms. The van der Waals surface area contributed by atoms with Crippen LogP contribution >= 0.6 is 15.9 Å². The lowest BCUT2D eigenvalue weighted by molar-refractivity contribution is 0.0206. The average Bonchev–Trinajstić information content (AvgIpc) is 3.01. The summed E-state index contributed by atoms with van der Waals surface area (Å²) in [5.41, 5.74) is 5.60. The fourth-order valence-corrected chi connectivity index (χ4v) is 4.30. The lowest BCUT2D eigenvalue weighted by Gasteiger charge is -2.45. The molecule has 1 amide bonds. The van der Waals surface area contributed by atoms with Gasteiger partial charge >= 0.3 is 6.09 Å². The quantitative estimate of drug-likeness (QED) is 0.790.